The molecule has 2 aromatic rings. The van der Waals surface area contributed by atoms with Gasteiger partial charge in [0.25, 0.3) is 0 Å². The van der Waals surface area contributed by atoms with Crippen LogP contribution in [0.5, 0.6) is 0 Å². The molecule has 0 saturated carbocycles. The number of anilines is 2. The van der Waals surface area contributed by atoms with Crippen LogP contribution in [0.3, 0.4) is 0 Å². The number of hydrogen-bond acceptors (Lipinski definition) is 2. The number of hydrogen-bond donors (Lipinski definition) is 2. The van der Waals surface area contributed by atoms with E-state index in [0.29, 0.717) is 0 Å². The van der Waals surface area contributed by atoms with Crippen molar-refractivity contribution in [1.29, 1.82) is 0 Å². The van der Waals surface area contributed by atoms with Gasteiger partial charge in [-0.25, -0.2) is 0 Å². The van der Waals surface area contributed by atoms with Gasteiger partial charge in [-0.3, -0.25) is 0 Å². The predicted molar refractivity (Wildman–Crippen MR) is 94.7 cm³/mol. The zero-order chi connectivity index (χ0) is 13.9. The summed E-state index contributed by atoms with van der Waals surface area (Å²) in [5.41, 5.74) is 5.20. The third kappa shape index (κ3) is 3.04. The molecule has 0 aromatic heterocycles. The first kappa shape index (κ1) is 14.0. The van der Waals surface area contributed by atoms with E-state index in [1.54, 1.807) is 0 Å². The van der Waals surface area contributed by atoms with Crippen LogP contribution in [0.2, 0.25) is 5.02 Å². The lowest BCUT2D eigenvalue weighted by molar-refractivity contribution is 0.825. The average Bonchev–Trinajstić information content (AvgIpc) is 2.46. The van der Waals surface area contributed by atoms with E-state index >= 15 is 0 Å². The molecule has 20 heavy (non-hydrogen) atoms. The van der Waals surface area contributed by atoms with Crippen molar-refractivity contribution in [1.82, 2.24) is 0 Å². The van der Waals surface area contributed by atoms with Crippen molar-refractivity contribution in [3.63, 3.8) is 0 Å². The third-order valence-corrected chi connectivity index (χ3v) is 4.69. The van der Waals surface area contributed by atoms with E-state index in [0.717, 1.165) is 27.4 Å². The van der Waals surface area contributed by atoms with Crippen LogP contribution in [0.15, 0.2) is 36.4 Å². The van der Waals surface area contributed by atoms with Crippen molar-refractivity contribution in [3.05, 3.63) is 56.1 Å². The summed E-state index contributed by atoms with van der Waals surface area (Å²) in [5, 5.41) is 7.81. The van der Waals surface area contributed by atoms with Crippen LogP contribution in [-0.2, 0) is 13.0 Å². The van der Waals surface area contributed by atoms with E-state index in [2.05, 4.69) is 51.4 Å². The average molecular weight is 399 g/mol. The fourth-order valence-electron chi connectivity index (χ4n) is 2.55. The molecular weight excluding hydrogens is 383 g/mol. The van der Waals surface area contributed by atoms with E-state index in [9.17, 15) is 0 Å². The first-order valence-corrected chi connectivity index (χ1v) is 8.23. The molecule has 104 valence electrons. The molecule has 0 fully saturated rings. The van der Waals surface area contributed by atoms with Crippen LogP contribution in [0, 0.1) is 3.57 Å². The van der Waals surface area contributed by atoms with Gasteiger partial charge in [0.05, 0.1) is 0 Å². The van der Waals surface area contributed by atoms with Gasteiger partial charge in [-0.15, -0.1) is 0 Å². The zero-order valence-electron chi connectivity index (χ0n) is 11.0. The topological polar surface area (TPSA) is 24.1 Å². The molecule has 0 bridgehead atoms. The summed E-state index contributed by atoms with van der Waals surface area (Å²) >= 11 is 8.30. The molecular formula is C16H16ClIN2. The number of aryl methyl sites for hydroxylation is 1. The lowest BCUT2D eigenvalue weighted by Gasteiger charge is -2.21. The summed E-state index contributed by atoms with van der Waals surface area (Å²) < 4.78 is 1.15. The van der Waals surface area contributed by atoms with Crippen LogP contribution >= 0.6 is 34.2 Å². The zero-order valence-corrected chi connectivity index (χ0v) is 14.0. The fraction of sp³-hybridized carbons (Fsp3) is 0.250. The molecule has 1 heterocycles. The molecule has 0 unspecified atom stereocenters. The van der Waals surface area contributed by atoms with Gasteiger partial charge in [-0.2, -0.15) is 0 Å². The maximum atomic E-state index is 5.99. The summed E-state index contributed by atoms with van der Waals surface area (Å²) in [5.74, 6) is 0. The van der Waals surface area contributed by atoms with Gasteiger partial charge < -0.3 is 10.6 Å². The van der Waals surface area contributed by atoms with Gasteiger partial charge in [0.1, 0.15) is 0 Å². The fourth-order valence-corrected chi connectivity index (χ4v) is 3.61. The minimum Gasteiger partial charge on any atom is -0.385 e. The minimum atomic E-state index is 0.777. The molecule has 2 nitrogen and oxygen atoms in total. The molecule has 4 heteroatoms. The molecule has 2 N–H and O–H groups in total. The van der Waals surface area contributed by atoms with Crippen LogP contribution < -0.4 is 10.6 Å². The Morgan fingerprint density at radius 1 is 1.25 bits per heavy atom. The summed E-state index contributed by atoms with van der Waals surface area (Å²) in [6.45, 7) is 1.90. The molecule has 0 aliphatic carbocycles. The Bertz CT molecular complexity index is 628. The summed E-state index contributed by atoms with van der Waals surface area (Å²) in [4.78, 5) is 0. The Morgan fingerprint density at radius 2 is 2.15 bits per heavy atom. The van der Waals surface area contributed by atoms with Gasteiger partial charge >= 0.3 is 0 Å². The van der Waals surface area contributed by atoms with Crippen molar-refractivity contribution in [3.8, 4) is 0 Å². The summed E-state index contributed by atoms with van der Waals surface area (Å²) in [7, 11) is 0. The predicted octanol–water partition coefficient (Wildman–Crippen LogP) is 4.91. The Labute approximate surface area is 138 Å². The molecule has 1 aliphatic rings. The highest BCUT2D eigenvalue weighted by Gasteiger charge is 2.12. The lowest BCUT2D eigenvalue weighted by atomic mass is 9.99. The molecule has 0 amide bonds. The third-order valence-electron chi connectivity index (χ3n) is 3.56. The highest BCUT2D eigenvalue weighted by molar-refractivity contribution is 14.1. The maximum Gasteiger partial charge on any atom is 0.0479 e. The molecule has 0 spiro atoms. The Balaban J connectivity index is 1.78. The second-order valence-corrected chi connectivity index (χ2v) is 6.56. The molecule has 0 radical (unpaired) electrons. The van der Waals surface area contributed by atoms with Crippen molar-refractivity contribution in [2.75, 3.05) is 17.2 Å². The van der Waals surface area contributed by atoms with Crippen molar-refractivity contribution < 1.29 is 0 Å². The number of halogens is 2. The largest absolute Gasteiger partial charge is 0.385 e. The maximum absolute atomic E-state index is 5.99. The summed E-state index contributed by atoms with van der Waals surface area (Å²) in [6, 6.07) is 12.5. The second-order valence-electron chi connectivity index (χ2n) is 4.96. The molecule has 2 aromatic carbocycles. The normalized spacial score (nSPS) is 13.5. The van der Waals surface area contributed by atoms with Gasteiger partial charge in [0.2, 0.25) is 0 Å². The summed E-state index contributed by atoms with van der Waals surface area (Å²) in [6.07, 6.45) is 2.40. The van der Waals surface area contributed by atoms with E-state index in [1.807, 2.05) is 18.2 Å². The van der Waals surface area contributed by atoms with Crippen LogP contribution in [0.4, 0.5) is 11.4 Å². The smallest absolute Gasteiger partial charge is 0.0479 e. The standard InChI is InChI=1S/C16H16ClIN2/c17-13-6-7-15(14(18)9-13)20-10-12-4-1-3-11-5-2-8-19-16(11)12/h1,3-4,6-7,9,19-20H,2,5,8,10H2. The number of fused-ring (bicyclic) bond motifs is 1. The van der Waals surface area contributed by atoms with Crippen LogP contribution in [-0.4, -0.2) is 6.54 Å². The molecule has 0 atom stereocenters. The Morgan fingerprint density at radius 3 is 3.00 bits per heavy atom. The second kappa shape index (κ2) is 6.22. The van der Waals surface area contributed by atoms with E-state index in [4.69, 9.17) is 11.6 Å². The van der Waals surface area contributed by atoms with E-state index < -0.39 is 0 Å². The lowest BCUT2D eigenvalue weighted by Crippen LogP contribution is -2.15. The molecule has 0 saturated heterocycles. The van der Waals surface area contributed by atoms with E-state index in [1.165, 1.54) is 29.7 Å². The van der Waals surface area contributed by atoms with Gasteiger partial charge in [0, 0.05) is 33.1 Å². The highest BCUT2D eigenvalue weighted by Crippen LogP contribution is 2.28. The number of para-hydroxylation sites is 1. The Kier molecular flexibility index (Phi) is 4.36. The van der Waals surface area contributed by atoms with Crippen LogP contribution in [0.25, 0.3) is 0 Å². The quantitative estimate of drug-likeness (QED) is 0.718. The number of nitrogens with one attached hydrogen (secondary N) is 2. The first-order valence-electron chi connectivity index (χ1n) is 6.77. The molecule has 3 rings (SSSR count). The number of benzene rings is 2. The van der Waals surface area contributed by atoms with Gasteiger partial charge in [-0.1, -0.05) is 29.8 Å². The van der Waals surface area contributed by atoms with Gasteiger partial charge in [-0.05, 0) is 64.8 Å². The highest BCUT2D eigenvalue weighted by atomic mass is 127. The van der Waals surface area contributed by atoms with Crippen LogP contribution in [0.1, 0.15) is 17.5 Å². The number of rotatable bonds is 3. The van der Waals surface area contributed by atoms with E-state index in [-0.39, 0.29) is 0 Å². The van der Waals surface area contributed by atoms with Crippen molar-refractivity contribution in [2.24, 2.45) is 0 Å². The molecule has 1 aliphatic heterocycles. The minimum absolute atomic E-state index is 0.777. The Hall–Kier alpha value is -0.940. The SMILES string of the molecule is Clc1ccc(NCc2cccc3c2NCCC3)c(I)c1. The van der Waals surface area contributed by atoms with Crippen molar-refractivity contribution >= 4 is 45.6 Å². The van der Waals surface area contributed by atoms with Crippen molar-refractivity contribution in [2.45, 2.75) is 19.4 Å². The monoisotopic (exact) mass is 398 g/mol. The van der Waals surface area contributed by atoms with Gasteiger partial charge in [0.15, 0.2) is 0 Å². The first-order chi connectivity index (χ1) is 9.74.